The minimum absolute atomic E-state index is 0.120. The summed E-state index contributed by atoms with van der Waals surface area (Å²) in [6, 6.07) is 0.579. The number of hydrogen-bond acceptors (Lipinski definition) is 3. The molecule has 0 aromatic carbocycles. The van der Waals surface area contributed by atoms with Crippen molar-refractivity contribution >= 4 is 0 Å². The Morgan fingerprint density at radius 3 is 2.42 bits per heavy atom. The smallest absolute Gasteiger partial charge is 0.0682 e. The van der Waals surface area contributed by atoms with Crippen LogP contribution in [0.3, 0.4) is 0 Å². The molecule has 0 aromatic heterocycles. The lowest BCUT2D eigenvalue weighted by Gasteiger charge is -2.52. The zero-order valence-electron chi connectivity index (χ0n) is 13.9. The van der Waals surface area contributed by atoms with Crippen LogP contribution in [0.25, 0.3) is 0 Å². The Morgan fingerprint density at radius 2 is 1.84 bits per heavy atom. The fraction of sp³-hybridized carbons (Fsp3) is 1.00. The molecule has 1 aliphatic heterocycles. The number of piperidine rings is 1. The van der Waals surface area contributed by atoms with E-state index in [1.807, 2.05) is 0 Å². The first-order chi connectivity index (χ1) is 8.83. The van der Waals surface area contributed by atoms with Crippen LogP contribution in [-0.4, -0.2) is 36.3 Å². The lowest BCUT2D eigenvalue weighted by Crippen LogP contribution is -2.62. The van der Waals surface area contributed by atoms with Gasteiger partial charge >= 0.3 is 0 Å². The molecule has 0 aromatic rings. The molecule has 0 bridgehead atoms. The Bertz CT molecular complexity index is 263. The predicted molar refractivity (Wildman–Crippen MR) is 82.1 cm³/mol. The summed E-state index contributed by atoms with van der Waals surface area (Å²) in [4.78, 5) is 5.96. The van der Waals surface area contributed by atoms with Crippen LogP contribution in [0.15, 0.2) is 0 Å². The molecule has 0 spiro atoms. The molecule has 1 saturated heterocycles. The fourth-order valence-corrected chi connectivity index (χ4v) is 2.80. The first-order valence-corrected chi connectivity index (χ1v) is 7.97. The standard InChI is InChI=1S/C16H34N2O/c1-7-9-10-17-14-12-16(5,6)18(19-11-8-2)13-15(14,3)4/h14,17H,7-13H2,1-6H3. The van der Waals surface area contributed by atoms with Gasteiger partial charge in [0.25, 0.3) is 0 Å². The van der Waals surface area contributed by atoms with Crippen LogP contribution in [0.4, 0.5) is 0 Å². The SMILES string of the molecule is CCCCNC1CC(C)(C)N(OCCC)CC1(C)C. The summed E-state index contributed by atoms with van der Waals surface area (Å²) >= 11 is 0. The normalized spacial score (nSPS) is 26.5. The molecule has 3 heteroatoms. The van der Waals surface area contributed by atoms with Crippen molar-refractivity contribution in [1.82, 2.24) is 10.4 Å². The zero-order valence-corrected chi connectivity index (χ0v) is 13.9. The van der Waals surface area contributed by atoms with Crippen LogP contribution in [0, 0.1) is 5.41 Å². The van der Waals surface area contributed by atoms with Gasteiger partial charge in [-0.05, 0) is 45.1 Å². The summed E-state index contributed by atoms with van der Waals surface area (Å²) < 4.78 is 0. The molecule has 1 aliphatic rings. The minimum atomic E-state index is 0.120. The Kier molecular flexibility index (Phi) is 6.28. The van der Waals surface area contributed by atoms with Crippen LogP contribution in [-0.2, 0) is 4.84 Å². The van der Waals surface area contributed by atoms with Gasteiger partial charge < -0.3 is 5.32 Å². The highest BCUT2D eigenvalue weighted by molar-refractivity contribution is 4.98. The third-order valence-corrected chi connectivity index (χ3v) is 4.25. The van der Waals surface area contributed by atoms with Crippen molar-refractivity contribution in [2.24, 2.45) is 5.41 Å². The van der Waals surface area contributed by atoms with Gasteiger partial charge in [-0.1, -0.05) is 34.1 Å². The monoisotopic (exact) mass is 270 g/mol. The van der Waals surface area contributed by atoms with Gasteiger partial charge in [-0.25, -0.2) is 0 Å². The van der Waals surface area contributed by atoms with E-state index in [4.69, 9.17) is 4.84 Å². The van der Waals surface area contributed by atoms with Crippen LogP contribution < -0.4 is 5.32 Å². The van der Waals surface area contributed by atoms with Crippen molar-refractivity contribution in [2.45, 2.75) is 78.8 Å². The third kappa shape index (κ3) is 4.73. The van der Waals surface area contributed by atoms with Gasteiger partial charge in [0.05, 0.1) is 6.61 Å². The maximum atomic E-state index is 5.96. The van der Waals surface area contributed by atoms with Crippen molar-refractivity contribution < 1.29 is 4.84 Å². The first kappa shape index (κ1) is 16.9. The lowest BCUT2D eigenvalue weighted by atomic mass is 9.73. The molecule has 3 nitrogen and oxygen atoms in total. The van der Waals surface area contributed by atoms with Crippen molar-refractivity contribution in [3.63, 3.8) is 0 Å². The second kappa shape index (κ2) is 7.05. The van der Waals surface area contributed by atoms with Gasteiger partial charge in [0.1, 0.15) is 0 Å². The maximum absolute atomic E-state index is 5.96. The molecule has 0 aliphatic carbocycles. The summed E-state index contributed by atoms with van der Waals surface area (Å²) in [6.07, 6.45) is 4.75. The molecular formula is C16H34N2O. The van der Waals surface area contributed by atoms with Gasteiger partial charge in [0.15, 0.2) is 0 Å². The highest BCUT2D eigenvalue weighted by Crippen LogP contribution is 2.38. The molecule has 0 amide bonds. The predicted octanol–water partition coefficient (Wildman–Crippen LogP) is 3.60. The second-order valence-corrected chi connectivity index (χ2v) is 7.24. The maximum Gasteiger partial charge on any atom is 0.0682 e. The van der Waals surface area contributed by atoms with Crippen molar-refractivity contribution in [2.75, 3.05) is 19.7 Å². The number of hydroxylamine groups is 2. The number of unbranched alkanes of at least 4 members (excludes halogenated alkanes) is 1. The number of rotatable bonds is 7. The Balaban J connectivity index is 2.63. The van der Waals surface area contributed by atoms with E-state index in [2.05, 4.69) is 51.9 Å². The van der Waals surface area contributed by atoms with Crippen molar-refractivity contribution in [3.8, 4) is 0 Å². The van der Waals surface area contributed by atoms with E-state index in [-0.39, 0.29) is 11.0 Å². The highest BCUT2D eigenvalue weighted by Gasteiger charge is 2.45. The summed E-state index contributed by atoms with van der Waals surface area (Å²) in [5.41, 5.74) is 0.381. The molecule has 0 saturated carbocycles. The van der Waals surface area contributed by atoms with Crippen molar-refractivity contribution in [3.05, 3.63) is 0 Å². The van der Waals surface area contributed by atoms with E-state index in [1.54, 1.807) is 0 Å². The largest absolute Gasteiger partial charge is 0.313 e. The summed E-state index contributed by atoms with van der Waals surface area (Å²) in [5.74, 6) is 0. The molecule has 1 fully saturated rings. The quantitative estimate of drug-likeness (QED) is 0.715. The van der Waals surface area contributed by atoms with Crippen LogP contribution in [0.2, 0.25) is 0 Å². The molecule has 1 rings (SSSR count). The third-order valence-electron chi connectivity index (χ3n) is 4.25. The molecular weight excluding hydrogens is 236 g/mol. The Labute approximate surface area is 120 Å². The van der Waals surface area contributed by atoms with Gasteiger partial charge in [-0.3, -0.25) is 4.84 Å². The van der Waals surface area contributed by atoms with Gasteiger partial charge in [0, 0.05) is 18.1 Å². The van der Waals surface area contributed by atoms with E-state index >= 15 is 0 Å². The molecule has 114 valence electrons. The van der Waals surface area contributed by atoms with E-state index in [9.17, 15) is 0 Å². The van der Waals surface area contributed by atoms with E-state index in [1.165, 1.54) is 12.8 Å². The average molecular weight is 270 g/mol. The van der Waals surface area contributed by atoms with Gasteiger partial charge in [-0.2, -0.15) is 5.06 Å². The zero-order chi connectivity index (χ0) is 14.5. The second-order valence-electron chi connectivity index (χ2n) is 7.24. The van der Waals surface area contributed by atoms with Crippen LogP contribution >= 0.6 is 0 Å². The topological polar surface area (TPSA) is 24.5 Å². The van der Waals surface area contributed by atoms with Crippen LogP contribution in [0.5, 0.6) is 0 Å². The Morgan fingerprint density at radius 1 is 1.16 bits per heavy atom. The number of hydrogen-bond donors (Lipinski definition) is 1. The van der Waals surface area contributed by atoms with E-state index < -0.39 is 0 Å². The average Bonchev–Trinajstić information content (AvgIpc) is 2.31. The van der Waals surface area contributed by atoms with Crippen molar-refractivity contribution in [1.29, 1.82) is 0 Å². The molecule has 19 heavy (non-hydrogen) atoms. The first-order valence-electron chi connectivity index (χ1n) is 7.97. The number of nitrogens with one attached hydrogen (secondary N) is 1. The van der Waals surface area contributed by atoms with E-state index in [0.717, 1.165) is 32.5 Å². The number of nitrogens with zero attached hydrogens (tertiary/aromatic N) is 1. The molecule has 1 atom stereocenters. The highest BCUT2D eigenvalue weighted by atomic mass is 16.7. The van der Waals surface area contributed by atoms with Crippen LogP contribution in [0.1, 0.15) is 67.2 Å². The molecule has 0 radical (unpaired) electrons. The molecule has 1 heterocycles. The van der Waals surface area contributed by atoms with Gasteiger partial charge in [0.2, 0.25) is 0 Å². The van der Waals surface area contributed by atoms with Gasteiger partial charge in [-0.15, -0.1) is 0 Å². The lowest BCUT2D eigenvalue weighted by molar-refractivity contribution is -0.250. The molecule has 1 unspecified atom stereocenters. The van der Waals surface area contributed by atoms with E-state index in [0.29, 0.717) is 6.04 Å². The Hall–Kier alpha value is -0.120. The minimum Gasteiger partial charge on any atom is -0.313 e. The summed E-state index contributed by atoms with van der Waals surface area (Å²) in [7, 11) is 0. The summed E-state index contributed by atoms with van der Waals surface area (Å²) in [6.45, 7) is 16.7. The fourth-order valence-electron chi connectivity index (χ4n) is 2.80. The molecule has 1 N–H and O–H groups in total. The summed E-state index contributed by atoms with van der Waals surface area (Å²) in [5, 5.41) is 5.98.